The van der Waals surface area contributed by atoms with Crippen molar-refractivity contribution in [3.05, 3.63) is 54.1 Å². The molecule has 1 heterocycles. The predicted octanol–water partition coefficient (Wildman–Crippen LogP) is 3.38. The second-order valence-corrected chi connectivity index (χ2v) is 5.38. The molecular formula is C17H19NO. The van der Waals surface area contributed by atoms with Crippen LogP contribution in [-0.2, 0) is 0 Å². The largest absolute Gasteiger partial charge is 0.508 e. The van der Waals surface area contributed by atoms with E-state index >= 15 is 0 Å². The van der Waals surface area contributed by atoms with E-state index in [0.29, 0.717) is 17.6 Å². The summed E-state index contributed by atoms with van der Waals surface area (Å²) in [6.45, 7) is 4.45. The number of phenolic OH excluding ortho intramolecular Hbond substituents is 1. The lowest BCUT2D eigenvalue weighted by molar-refractivity contribution is 0.475. The van der Waals surface area contributed by atoms with E-state index in [1.54, 1.807) is 12.1 Å². The lowest BCUT2D eigenvalue weighted by Crippen LogP contribution is -2.09. The van der Waals surface area contributed by atoms with Gasteiger partial charge in [0.05, 0.1) is 0 Å². The van der Waals surface area contributed by atoms with Crippen molar-refractivity contribution in [1.82, 2.24) is 5.32 Å². The van der Waals surface area contributed by atoms with Crippen LogP contribution < -0.4 is 5.32 Å². The van der Waals surface area contributed by atoms with Crippen molar-refractivity contribution in [2.45, 2.75) is 12.8 Å². The van der Waals surface area contributed by atoms with Gasteiger partial charge in [-0.15, -0.1) is 0 Å². The second kappa shape index (κ2) is 5.06. The average molecular weight is 253 g/mol. The van der Waals surface area contributed by atoms with Gasteiger partial charge in [0.2, 0.25) is 0 Å². The summed E-state index contributed by atoms with van der Waals surface area (Å²) in [5.41, 5.74) is 3.86. The predicted molar refractivity (Wildman–Crippen MR) is 78.3 cm³/mol. The zero-order valence-corrected chi connectivity index (χ0v) is 11.1. The summed E-state index contributed by atoms with van der Waals surface area (Å²) in [4.78, 5) is 0. The number of phenols is 1. The van der Waals surface area contributed by atoms with E-state index in [9.17, 15) is 5.11 Å². The fourth-order valence-electron chi connectivity index (χ4n) is 2.95. The van der Waals surface area contributed by atoms with E-state index in [4.69, 9.17) is 0 Å². The summed E-state index contributed by atoms with van der Waals surface area (Å²) >= 11 is 0. The van der Waals surface area contributed by atoms with Gasteiger partial charge in [-0.25, -0.2) is 0 Å². The lowest BCUT2D eigenvalue weighted by Gasteiger charge is -2.19. The van der Waals surface area contributed by atoms with Gasteiger partial charge >= 0.3 is 0 Å². The Morgan fingerprint density at radius 1 is 1.00 bits per heavy atom. The molecule has 2 atom stereocenters. The molecule has 2 heteroatoms. The Bertz CT molecular complexity index is 562. The number of nitrogens with one attached hydrogen (secondary N) is 1. The van der Waals surface area contributed by atoms with Crippen LogP contribution in [0.1, 0.15) is 18.4 Å². The van der Waals surface area contributed by atoms with E-state index < -0.39 is 0 Å². The van der Waals surface area contributed by atoms with Crippen molar-refractivity contribution in [2.24, 2.45) is 5.92 Å². The van der Waals surface area contributed by atoms with Gasteiger partial charge in [0.25, 0.3) is 0 Å². The molecule has 2 N–H and O–H groups in total. The maximum Gasteiger partial charge on any atom is 0.115 e. The van der Waals surface area contributed by atoms with E-state index in [-0.39, 0.29) is 0 Å². The minimum atomic E-state index is 0.317. The van der Waals surface area contributed by atoms with Gasteiger partial charge in [-0.2, -0.15) is 0 Å². The standard InChI is InChI=1S/C17H19NO/c1-12-10-18-11-17(12)16-5-3-2-4-15(16)13-6-8-14(19)9-7-13/h2-9,12,17-19H,10-11H2,1H3/t12-,17-/m1/s1. The van der Waals surface area contributed by atoms with Crippen LogP contribution in [0.2, 0.25) is 0 Å². The number of hydrogen-bond donors (Lipinski definition) is 2. The molecule has 1 aliphatic heterocycles. The zero-order chi connectivity index (χ0) is 13.2. The van der Waals surface area contributed by atoms with E-state index in [2.05, 4.69) is 36.5 Å². The number of benzene rings is 2. The molecule has 2 nitrogen and oxygen atoms in total. The van der Waals surface area contributed by atoms with Crippen LogP contribution in [0.4, 0.5) is 0 Å². The van der Waals surface area contributed by atoms with Crippen molar-refractivity contribution >= 4 is 0 Å². The van der Waals surface area contributed by atoms with Gasteiger partial charge in [0, 0.05) is 12.5 Å². The first-order valence-electron chi connectivity index (χ1n) is 6.85. The highest BCUT2D eigenvalue weighted by atomic mass is 16.3. The number of hydrogen-bond acceptors (Lipinski definition) is 2. The highest BCUT2D eigenvalue weighted by molar-refractivity contribution is 5.68. The molecular weight excluding hydrogens is 234 g/mol. The van der Waals surface area contributed by atoms with Crippen LogP contribution in [0.15, 0.2) is 48.5 Å². The van der Waals surface area contributed by atoms with Gasteiger partial charge < -0.3 is 10.4 Å². The first kappa shape index (κ1) is 12.2. The Labute approximate surface area is 114 Å². The smallest absolute Gasteiger partial charge is 0.115 e. The number of rotatable bonds is 2. The van der Waals surface area contributed by atoms with E-state index in [0.717, 1.165) is 13.1 Å². The molecule has 19 heavy (non-hydrogen) atoms. The Hall–Kier alpha value is -1.80. The highest BCUT2D eigenvalue weighted by Gasteiger charge is 2.26. The Balaban J connectivity index is 2.04. The quantitative estimate of drug-likeness (QED) is 0.860. The molecule has 0 saturated carbocycles. The van der Waals surface area contributed by atoms with Gasteiger partial charge in [-0.1, -0.05) is 43.3 Å². The SMILES string of the molecule is C[C@@H]1CNC[C@H]1c1ccccc1-c1ccc(O)cc1. The minimum Gasteiger partial charge on any atom is -0.508 e. The van der Waals surface area contributed by atoms with Gasteiger partial charge in [-0.05, 0) is 41.3 Å². The van der Waals surface area contributed by atoms with Crippen LogP contribution >= 0.6 is 0 Å². The summed E-state index contributed by atoms with van der Waals surface area (Å²) in [6, 6.07) is 16.1. The molecule has 1 fully saturated rings. The third kappa shape index (κ3) is 2.36. The van der Waals surface area contributed by atoms with Crippen molar-refractivity contribution in [3.63, 3.8) is 0 Å². The molecule has 98 valence electrons. The summed E-state index contributed by atoms with van der Waals surface area (Å²) in [6.07, 6.45) is 0. The van der Waals surface area contributed by atoms with Gasteiger partial charge in [0.15, 0.2) is 0 Å². The summed E-state index contributed by atoms with van der Waals surface area (Å²) in [7, 11) is 0. The van der Waals surface area contributed by atoms with Crippen LogP contribution in [0.5, 0.6) is 5.75 Å². The van der Waals surface area contributed by atoms with Crippen molar-refractivity contribution in [3.8, 4) is 16.9 Å². The second-order valence-electron chi connectivity index (χ2n) is 5.38. The third-order valence-corrected chi connectivity index (χ3v) is 4.06. The minimum absolute atomic E-state index is 0.317. The fraction of sp³-hybridized carbons (Fsp3) is 0.294. The molecule has 0 spiro atoms. The van der Waals surface area contributed by atoms with Crippen molar-refractivity contribution < 1.29 is 5.11 Å². The molecule has 0 aliphatic carbocycles. The highest BCUT2D eigenvalue weighted by Crippen LogP contribution is 2.35. The van der Waals surface area contributed by atoms with Gasteiger partial charge in [-0.3, -0.25) is 0 Å². The van der Waals surface area contributed by atoms with Crippen LogP contribution in [0.25, 0.3) is 11.1 Å². The normalized spacial score (nSPS) is 22.6. The van der Waals surface area contributed by atoms with Crippen LogP contribution in [0.3, 0.4) is 0 Å². The molecule has 0 amide bonds. The van der Waals surface area contributed by atoms with Crippen molar-refractivity contribution in [1.29, 1.82) is 0 Å². The topological polar surface area (TPSA) is 32.3 Å². The Morgan fingerprint density at radius 3 is 2.42 bits per heavy atom. The zero-order valence-electron chi connectivity index (χ0n) is 11.1. The third-order valence-electron chi connectivity index (χ3n) is 4.06. The molecule has 1 saturated heterocycles. The molecule has 2 aromatic carbocycles. The molecule has 3 rings (SSSR count). The molecule has 1 aliphatic rings. The van der Waals surface area contributed by atoms with Crippen molar-refractivity contribution in [2.75, 3.05) is 13.1 Å². The van der Waals surface area contributed by atoms with Gasteiger partial charge in [0.1, 0.15) is 5.75 Å². The summed E-state index contributed by atoms with van der Waals surface area (Å²) < 4.78 is 0. The van der Waals surface area contributed by atoms with Crippen LogP contribution in [0, 0.1) is 5.92 Å². The van der Waals surface area contributed by atoms with E-state index in [1.807, 2.05) is 12.1 Å². The summed E-state index contributed by atoms with van der Waals surface area (Å²) in [5.74, 6) is 1.56. The number of aromatic hydroxyl groups is 1. The first-order chi connectivity index (χ1) is 9.25. The molecule has 0 radical (unpaired) electrons. The maximum absolute atomic E-state index is 9.42. The Morgan fingerprint density at radius 2 is 1.74 bits per heavy atom. The average Bonchev–Trinajstić information content (AvgIpc) is 2.86. The fourth-order valence-corrected chi connectivity index (χ4v) is 2.95. The molecule has 0 aromatic heterocycles. The lowest BCUT2D eigenvalue weighted by atomic mass is 9.85. The molecule has 0 unspecified atom stereocenters. The monoisotopic (exact) mass is 253 g/mol. The molecule has 2 aromatic rings. The maximum atomic E-state index is 9.42. The first-order valence-corrected chi connectivity index (χ1v) is 6.85. The molecule has 0 bridgehead atoms. The Kier molecular flexibility index (Phi) is 3.26. The van der Waals surface area contributed by atoms with Crippen LogP contribution in [-0.4, -0.2) is 18.2 Å². The summed E-state index contributed by atoms with van der Waals surface area (Å²) in [5, 5.41) is 12.9. The van der Waals surface area contributed by atoms with E-state index in [1.165, 1.54) is 16.7 Å².